The summed E-state index contributed by atoms with van der Waals surface area (Å²) < 4.78 is 4.94. The van der Waals surface area contributed by atoms with Crippen LogP contribution in [0.15, 0.2) is 0 Å². The van der Waals surface area contributed by atoms with E-state index in [4.69, 9.17) is 4.74 Å². The highest BCUT2D eigenvalue weighted by Gasteiger charge is 2.55. The average Bonchev–Trinajstić information content (AvgIpc) is 2.09. The Bertz CT molecular complexity index is 184. The molecule has 0 aromatic heterocycles. The number of cyclic esters (lactones) is 1. The Balaban J connectivity index is 2.16. The molecule has 0 aromatic rings. The molecule has 10 heavy (non-hydrogen) atoms. The Morgan fingerprint density at radius 1 is 1.60 bits per heavy atom. The first-order chi connectivity index (χ1) is 4.61. The van der Waals surface area contributed by atoms with E-state index in [2.05, 4.69) is 13.8 Å². The number of fused-ring (bicyclic) bond motifs is 1. The minimum atomic E-state index is 0.0318. The first-order valence-corrected chi connectivity index (χ1v) is 3.78. The van der Waals surface area contributed by atoms with Crippen LogP contribution in [0.1, 0.15) is 20.3 Å². The fourth-order valence-electron chi connectivity index (χ4n) is 2.11. The number of carbonyl (C=O) groups is 1. The van der Waals surface area contributed by atoms with Gasteiger partial charge in [0.1, 0.15) is 0 Å². The first kappa shape index (κ1) is 6.20. The summed E-state index contributed by atoms with van der Waals surface area (Å²) in [6, 6.07) is 0. The molecule has 2 nitrogen and oxygen atoms in total. The molecule has 2 aliphatic rings. The van der Waals surface area contributed by atoms with E-state index in [1.54, 1.807) is 0 Å². The molecule has 1 aliphatic heterocycles. The normalized spacial score (nSPS) is 42.0. The summed E-state index contributed by atoms with van der Waals surface area (Å²) in [4.78, 5) is 10.9. The molecule has 0 N–H and O–H groups in total. The highest BCUT2D eigenvalue weighted by Crippen LogP contribution is 2.53. The van der Waals surface area contributed by atoms with Gasteiger partial charge in [0.2, 0.25) is 0 Å². The molecule has 1 heterocycles. The molecule has 0 spiro atoms. The van der Waals surface area contributed by atoms with Gasteiger partial charge in [-0.1, -0.05) is 13.8 Å². The molecule has 2 fully saturated rings. The van der Waals surface area contributed by atoms with E-state index in [1.807, 2.05) is 0 Å². The third-order valence-electron chi connectivity index (χ3n) is 2.94. The molecule has 2 rings (SSSR count). The van der Waals surface area contributed by atoms with Crippen LogP contribution < -0.4 is 0 Å². The van der Waals surface area contributed by atoms with E-state index in [-0.39, 0.29) is 11.9 Å². The van der Waals surface area contributed by atoms with E-state index < -0.39 is 0 Å². The maximum atomic E-state index is 10.9. The third-order valence-corrected chi connectivity index (χ3v) is 2.94. The molecule has 56 valence electrons. The van der Waals surface area contributed by atoms with Crippen molar-refractivity contribution >= 4 is 5.97 Å². The van der Waals surface area contributed by atoms with Crippen LogP contribution in [0.5, 0.6) is 0 Å². The summed E-state index contributed by atoms with van der Waals surface area (Å²) in [5.74, 6) is 0.791. The predicted octanol–water partition coefficient (Wildman–Crippen LogP) is 1.21. The van der Waals surface area contributed by atoms with Crippen molar-refractivity contribution in [1.82, 2.24) is 0 Å². The van der Waals surface area contributed by atoms with Gasteiger partial charge in [-0.25, -0.2) is 0 Å². The molecular formula is C8H12O2. The van der Waals surface area contributed by atoms with Crippen molar-refractivity contribution in [1.29, 1.82) is 0 Å². The molecule has 1 saturated heterocycles. The quantitative estimate of drug-likeness (QED) is 0.473. The number of hydrogen-bond acceptors (Lipinski definition) is 2. The molecule has 0 unspecified atom stereocenters. The zero-order chi connectivity index (χ0) is 7.35. The SMILES string of the molecule is CC1(C)C[C@@H]2C(=O)OC[C@@H]21. The summed E-state index contributed by atoms with van der Waals surface area (Å²) in [6.07, 6.45) is 1.02. The largest absolute Gasteiger partial charge is 0.465 e. The number of carbonyl (C=O) groups excluding carboxylic acids is 1. The van der Waals surface area contributed by atoms with Crippen LogP contribution in [0.2, 0.25) is 0 Å². The fourth-order valence-corrected chi connectivity index (χ4v) is 2.11. The first-order valence-electron chi connectivity index (χ1n) is 3.78. The average molecular weight is 140 g/mol. The Labute approximate surface area is 60.6 Å². The van der Waals surface area contributed by atoms with E-state index in [9.17, 15) is 4.79 Å². The lowest BCUT2D eigenvalue weighted by Gasteiger charge is -2.44. The zero-order valence-electron chi connectivity index (χ0n) is 6.39. The van der Waals surface area contributed by atoms with Crippen LogP contribution >= 0.6 is 0 Å². The maximum absolute atomic E-state index is 10.9. The van der Waals surface area contributed by atoms with E-state index in [0.717, 1.165) is 6.42 Å². The van der Waals surface area contributed by atoms with E-state index >= 15 is 0 Å². The van der Waals surface area contributed by atoms with Crippen LogP contribution in [-0.4, -0.2) is 12.6 Å². The summed E-state index contributed by atoms with van der Waals surface area (Å²) in [7, 11) is 0. The van der Waals surface area contributed by atoms with Gasteiger partial charge in [0, 0.05) is 5.92 Å². The van der Waals surface area contributed by atoms with Crippen LogP contribution in [0, 0.1) is 17.3 Å². The Morgan fingerprint density at radius 3 is 2.70 bits per heavy atom. The van der Waals surface area contributed by atoms with Crippen molar-refractivity contribution in [2.24, 2.45) is 17.3 Å². The summed E-state index contributed by atoms with van der Waals surface area (Å²) in [6.45, 7) is 5.07. The molecule has 0 radical (unpaired) electrons. The van der Waals surface area contributed by atoms with Gasteiger partial charge in [-0.15, -0.1) is 0 Å². The summed E-state index contributed by atoms with van der Waals surface area (Å²) >= 11 is 0. The number of hydrogen-bond donors (Lipinski definition) is 0. The molecule has 0 amide bonds. The number of esters is 1. The lowest BCUT2D eigenvalue weighted by atomic mass is 9.57. The van der Waals surface area contributed by atoms with Gasteiger partial charge < -0.3 is 4.74 Å². The number of rotatable bonds is 0. The van der Waals surface area contributed by atoms with Crippen molar-refractivity contribution in [2.75, 3.05) is 6.61 Å². The van der Waals surface area contributed by atoms with Gasteiger partial charge in [-0.3, -0.25) is 4.79 Å². The molecule has 1 aliphatic carbocycles. The monoisotopic (exact) mass is 140 g/mol. The van der Waals surface area contributed by atoms with Crippen molar-refractivity contribution in [3.05, 3.63) is 0 Å². The fraction of sp³-hybridized carbons (Fsp3) is 0.875. The van der Waals surface area contributed by atoms with Gasteiger partial charge in [-0.05, 0) is 11.8 Å². The minimum absolute atomic E-state index is 0.0318. The zero-order valence-corrected chi connectivity index (χ0v) is 6.39. The van der Waals surface area contributed by atoms with Crippen LogP contribution in [0.25, 0.3) is 0 Å². The van der Waals surface area contributed by atoms with Crippen molar-refractivity contribution in [2.45, 2.75) is 20.3 Å². The minimum Gasteiger partial charge on any atom is -0.465 e. The van der Waals surface area contributed by atoms with Crippen molar-refractivity contribution in [3.63, 3.8) is 0 Å². The molecule has 2 heteroatoms. The second-order valence-electron chi connectivity index (χ2n) is 4.04. The van der Waals surface area contributed by atoms with Gasteiger partial charge in [0.15, 0.2) is 0 Å². The van der Waals surface area contributed by atoms with Crippen LogP contribution in [0.3, 0.4) is 0 Å². The molecule has 1 saturated carbocycles. The maximum Gasteiger partial charge on any atom is 0.309 e. The summed E-state index contributed by atoms with van der Waals surface area (Å²) in [5, 5.41) is 0. The topological polar surface area (TPSA) is 26.3 Å². The lowest BCUT2D eigenvalue weighted by molar-refractivity contribution is -0.144. The molecular weight excluding hydrogens is 128 g/mol. The molecule has 0 bridgehead atoms. The van der Waals surface area contributed by atoms with Gasteiger partial charge in [-0.2, -0.15) is 0 Å². The smallest absolute Gasteiger partial charge is 0.309 e. The number of ether oxygens (including phenoxy) is 1. The predicted molar refractivity (Wildman–Crippen MR) is 36.3 cm³/mol. The van der Waals surface area contributed by atoms with Crippen LogP contribution in [-0.2, 0) is 9.53 Å². The Kier molecular flexibility index (Phi) is 0.960. The molecule has 0 aromatic carbocycles. The second-order valence-corrected chi connectivity index (χ2v) is 4.04. The third kappa shape index (κ3) is 0.568. The van der Waals surface area contributed by atoms with Crippen molar-refractivity contribution in [3.8, 4) is 0 Å². The highest BCUT2D eigenvalue weighted by atomic mass is 16.5. The molecule has 2 atom stereocenters. The van der Waals surface area contributed by atoms with Gasteiger partial charge >= 0.3 is 5.97 Å². The van der Waals surface area contributed by atoms with E-state index in [1.165, 1.54) is 0 Å². The highest BCUT2D eigenvalue weighted by molar-refractivity contribution is 5.76. The summed E-state index contributed by atoms with van der Waals surface area (Å²) in [5.41, 5.74) is 0.358. The Hall–Kier alpha value is -0.530. The standard InChI is InChI=1S/C8H12O2/c1-8(2)3-5-6(8)4-10-7(5)9/h5-6H,3-4H2,1-2H3/t5-,6-/m0/s1. The lowest BCUT2D eigenvalue weighted by Crippen LogP contribution is -2.43. The second kappa shape index (κ2) is 1.55. The Morgan fingerprint density at radius 2 is 2.30 bits per heavy atom. The van der Waals surface area contributed by atoms with E-state index in [0.29, 0.717) is 17.9 Å². The van der Waals surface area contributed by atoms with Gasteiger partial charge in [0.25, 0.3) is 0 Å². The van der Waals surface area contributed by atoms with Crippen LogP contribution in [0.4, 0.5) is 0 Å². The van der Waals surface area contributed by atoms with Crippen molar-refractivity contribution < 1.29 is 9.53 Å². The van der Waals surface area contributed by atoms with Gasteiger partial charge in [0.05, 0.1) is 12.5 Å².